The Bertz CT molecular complexity index is 1200. The van der Waals surface area contributed by atoms with Gasteiger partial charge in [0, 0.05) is 36.3 Å². The molecule has 4 unspecified atom stereocenters. The molecule has 0 saturated heterocycles. The van der Waals surface area contributed by atoms with E-state index in [1.807, 2.05) is 0 Å². The molecule has 0 spiro atoms. The number of carbonyl (C=O) groups excluding carboxylic acids is 2. The van der Waals surface area contributed by atoms with E-state index in [0.717, 1.165) is 25.7 Å². The first-order valence-electron chi connectivity index (χ1n) is 17.1. The van der Waals surface area contributed by atoms with E-state index in [4.69, 9.17) is 9.47 Å². The number of anilines is 2. The minimum absolute atomic E-state index is 0.189. The maximum absolute atomic E-state index is 12.5. The molecule has 6 nitrogen and oxygen atoms in total. The second-order valence-corrected chi connectivity index (χ2v) is 13.4. The molecule has 0 saturated carbocycles. The molecule has 44 heavy (non-hydrogen) atoms. The average molecular weight is 605 g/mol. The second kappa shape index (κ2) is 15.3. The van der Waals surface area contributed by atoms with E-state index in [2.05, 4.69) is 89.5 Å². The van der Waals surface area contributed by atoms with E-state index in [-0.39, 0.29) is 11.9 Å². The molecular weight excluding hydrogens is 548 g/mol. The molecule has 4 rings (SSSR count). The lowest BCUT2D eigenvalue weighted by Gasteiger charge is -2.41. The minimum atomic E-state index is -0.189. The van der Waals surface area contributed by atoms with Crippen LogP contribution in [-0.2, 0) is 19.1 Å². The summed E-state index contributed by atoms with van der Waals surface area (Å²) in [6.07, 6.45) is 6.31. The third kappa shape index (κ3) is 7.97. The Morgan fingerprint density at radius 2 is 1.02 bits per heavy atom. The highest BCUT2D eigenvalue weighted by molar-refractivity contribution is 5.71. The summed E-state index contributed by atoms with van der Waals surface area (Å²) in [7, 11) is 0. The van der Waals surface area contributed by atoms with Crippen LogP contribution in [0.1, 0.15) is 124 Å². The van der Waals surface area contributed by atoms with Gasteiger partial charge < -0.3 is 19.3 Å². The highest BCUT2D eigenvalue weighted by atomic mass is 16.5. The first-order valence-corrected chi connectivity index (χ1v) is 17.1. The Labute approximate surface area is 266 Å². The van der Waals surface area contributed by atoms with E-state index in [9.17, 15) is 9.59 Å². The van der Waals surface area contributed by atoms with Crippen LogP contribution in [0.15, 0.2) is 24.3 Å². The largest absolute Gasteiger partial charge is 0.464 e. The average Bonchev–Trinajstić information content (AvgIpc) is 2.99. The number of esters is 2. The van der Waals surface area contributed by atoms with Crippen LogP contribution in [0, 0.1) is 27.7 Å². The predicted octanol–water partition coefficient (Wildman–Crippen LogP) is 8.45. The molecule has 2 aromatic rings. The van der Waals surface area contributed by atoms with Crippen LogP contribution in [-0.4, -0.2) is 50.3 Å². The maximum Gasteiger partial charge on any atom is 0.305 e. The molecule has 242 valence electrons. The van der Waals surface area contributed by atoms with Gasteiger partial charge in [-0.05, 0) is 124 Å². The van der Waals surface area contributed by atoms with Crippen LogP contribution in [0.2, 0.25) is 0 Å². The van der Waals surface area contributed by atoms with Crippen LogP contribution >= 0.6 is 0 Å². The summed E-state index contributed by atoms with van der Waals surface area (Å²) in [6, 6.07) is 10.2. The van der Waals surface area contributed by atoms with Gasteiger partial charge in [0.25, 0.3) is 0 Å². The highest BCUT2D eigenvalue weighted by Gasteiger charge is 2.31. The molecule has 0 aromatic heterocycles. The number of unbranched alkanes of at least 4 members (excludes halogenated alkanes) is 1. The predicted molar refractivity (Wildman–Crippen MR) is 181 cm³/mol. The van der Waals surface area contributed by atoms with Gasteiger partial charge in [0.2, 0.25) is 0 Å². The molecule has 2 aromatic carbocycles. The summed E-state index contributed by atoms with van der Waals surface area (Å²) < 4.78 is 11.3. The molecule has 0 aliphatic carbocycles. The van der Waals surface area contributed by atoms with Crippen molar-refractivity contribution in [2.75, 3.05) is 36.1 Å². The minimum Gasteiger partial charge on any atom is -0.464 e. The lowest BCUT2D eigenvalue weighted by atomic mass is 9.84. The van der Waals surface area contributed by atoms with Crippen LogP contribution in [0.3, 0.4) is 0 Å². The number of hydrogen-bond acceptors (Lipinski definition) is 6. The third-order valence-electron chi connectivity index (χ3n) is 10.2. The molecule has 0 fully saturated rings. The summed E-state index contributed by atoms with van der Waals surface area (Å²) in [5.41, 5.74) is 10.7. The van der Waals surface area contributed by atoms with Crippen molar-refractivity contribution in [1.29, 1.82) is 0 Å². The van der Waals surface area contributed by atoms with Crippen molar-refractivity contribution in [2.24, 2.45) is 0 Å². The molecule has 2 aliphatic rings. The zero-order valence-corrected chi connectivity index (χ0v) is 28.6. The highest BCUT2D eigenvalue weighted by Crippen LogP contribution is 2.41. The van der Waals surface area contributed by atoms with E-state index in [0.29, 0.717) is 75.9 Å². The van der Waals surface area contributed by atoms with Gasteiger partial charge in [-0.1, -0.05) is 39.8 Å². The molecular formula is C38H56N2O4. The van der Waals surface area contributed by atoms with Crippen LogP contribution < -0.4 is 9.80 Å². The SMILES string of the molecule is CCC1CC(C)c2cc(C)c(C)cc2N1CCOC(=O)CCCCC(=O)OCCN1c2cc(C)c(C)cc2C(C)CC1CC. The first kappa shape index (κ1) is 33.9. The molecule has 2 aliphatic heterocycles. The Hall–Kier alpha value is -3.02. The summed E-state index contributed by atoms with van der Waals surface area (Å²) >= 11 is 0. The quantitative estimate of drug-likeness (QED) is 0.169. The van der Waals surface area contributed by atoms with Crippen LogP contribution in [0.5, 0.6) is 0 Å². The molecule has 4 atom stereocenters. The summed E-state index contributed by atoms with van der Waals surface area (Å²) in [5.74, 6) is 0.691. The fourth-order valence-corrected chi connectivity index (χ4v) is 7.23. The fraction of sp³-hybridized carbons (Fsp3) is 0.632. The lowest BCUT2D eigenvalue weighted by molar-refractivity contribution is -0.145. The number of rotatable bonds is 13. The van der Waals surface area contributed by atoms with Gasteiger partial charge in [-0.25, -0.2) is 0 Å². The van der Waals surface area contributed by atoms with Crippen molar-refractivity contribution >= 4 is 23.3 Å². The summed E-state index contributed by atoms with van der Waals surface area (Å²) in [4.78, 5) is 29.9. The molecule has 0 bridgehead atoms. The zero-order valence-electron chi connectivity index (χ0n) is 28.6. The Balaban J connectivity index is 1.17. The number of benzene rings is 2. The standard InChI is InChI=1S/C38H56N2O4/c1-9-31-19-29(7)33-21-25(3)27(5)23-35(33)39(31)15-17-43-37(41)13-11-12-14-38(42)44-18-16-40-32(10-2)20-30(8)34-22-26(4)28(6)24-36(34)40/h21-24,29-32H,9-20H2,1-8H3. The van der Waals surface area contributed by atoms with Gasteiger partial charge in [0.15, 0.2) is 0 Å². The first-order chi connectivity index (χ1) is 21.0. The number of nitrogens with zero attached hydrogens (tertiary/aromatic N) is 2. The van der Waals surface area contributed by atoms with Crippen molar-refractivity contribution in [2.45, 2.75) is 131 Å². The van der Waals surface area contributed by atoms with Gasteiger partial charge in [-0.2, -0.15) is 0 Å². The lowest BCUT2D eigenvalue weighted by Crippen LogP contribution is -2.42. The second-order valence-electron chi connectivity index (χ2n) is 13.4. The molecule has 0 radical (unpaired) electrons. The zero-order chi connectivity index (χ0) is 32.0. The van der Waals surface area contributed by atoms with Crippen molar-refractivity contribution in [1.82, 2.24) is 0 Å². The van der Waals surface area contributed by atoms with E-state index < -0.39 is 0 Å². The van der Waals surface area contributed by atoms with Gasteiger partial charge in [-0.15, -0.1) is 0 Å². The van der Waals surface area contributed by atoms with Gasteiger partial charge in [0.05, 0.1) is 13.1 Å². The maximum atomic E-state index is 12.5. The number of aryl methyl sites for hydroxylation is 4. The fourth-order valence-electron chi connectivity index (χ4n) is 7.23. The molecule has 6 heteroatoms. The van der Waals surface area contributed by atoms with Crippen LogP contribution in [0.25, 0.3) is 0 Å². The Kier molecular flexibility index (Phi) is 11.8. The van der Waals surface area contributed by atoms with Crippen molar-refractivity contribution in [3.63, 3.8) is 0 Å². The number of hydrogen-bond donors (Lipinski definition) is 0. The topological polar surface area (TPSA) is 59.1 Å². The summed E-state index contributed by atoms with van der Waals surface area (Å²) in [5, 5.41) is 0. The van der Waals surface area contributed by atoms with Gasteiger partial charge in [-0.3, -0.25) is 9.59 Å². The summed E-state index contributed by atoms with van der Waals surface area (Å²) in [6.45, 7) is 20.0. The number of fused-ring (bicyclic) bond motifs is 2. The molecule has 0 N–H and O–H groups in total. The monoisotopic (exact) mass is 604 g/mol. The Morgan fingerprint density at radius 1 is 0.659 bits per heavy atom. The van der Waals surface area contributed by atoms with E-state index in [1.165, 1.54) is 44.8 Å². The molecule has 0 amide bonds. The van der Waals surface area contributed by atoms with Gasteiger partial charge >= 0.3 is 11.9 Å². The number of ether oxygens (including phenoxy) is 2. The number of carbonyl (C=O) groups is 2. The van der Waals surface area contributed by atoms with Crippen molar-refractivity contribution in [3.05, 3.63) is 57.6 Å². The normalized spacial score (nSPS) is 21.1. The van der Waals surface area contributed by atoms with Crippen LogP contribution in [0.4, 0.5) is 11.4 Å². The van der Waals surface area contributed by atoms with Crippen molar-refractivity contribution < 1.29 is 19.1 Å². The third-order valence-corrected chi connectivity index (χ3v) is 10.2. The van der Waals surface area contributed by atoms with Crippen molar-refractivity contribution in [3.8, 4) is 0 Å². The molecule has 2 heterocycles. The van der Waals surface area contributed by atoms with E-state index >= 15 is 0 Å². The Morgan fingerprint density at radius 3 is 1.39 bits per heavy atom. The van der Waals surface area contributed by atoms with Gasteiger partial charge in [0.1, 0.15) is 13.2 Å². The smallest absolute Gasteiger partial charge is 0.305 e. The van der Waals surface area contributed by atoms with E-state index in [1.54, 1.807) is 0 Å².